The lowest BCUT2D eigenvalue weighted by Gasteiger charge is -2.34. The lowest BCUT2D eigenvalue weighted by Crippen LogP contribution is -2.53. The number of carbonyl (C=O) groups excluding carboxylic acids is 2. The van der Waals surface area contributed by atoms with Crippen LogP contribution in [0.4, 0.5) is 5.69 Å². The minimum absolute atomic E-state index is 0.0529. The van der Waals surface area contributed by atoms with Crippen LogP contribution in [0.25, 0.3) is 0 Å². The molecule has 9 heteroatoms. The van der Waals surface area contributed by atoms with Gasteiger partial charge in [-0.3, -0.25) is 13.9 Å². The molecule has 0 aliphatic rings. The van der Waals surface area contributed by atoms with Crippen molar-refractivity contribution in [2.24, 2.45) is 0 Å². The average molecular weight is 590 g/mol. The first kappa shape index (κ1) is 29.8. The van der Waals surface area contributed by atoms with E-state index in [0.29, 0.717) is 21.8 Å². The molecule has 0 aliphatic heterocycles. The van der Waals surface area contributed by atoms with Crippen LogP contribution in [0.1, 0.15) is 16.7 Å². The minimum Gasteiger partial charge on any atom is -0.357 e. The van der Waals surface area contributed by atoms with Gasteiger partial charge >= 0.3 is 0 Å². The molecule has 4 rings (SSSR count). The van der Waals surface area contributed by atoms with E-state index in [9.17, 15) is 18.0 Å². The van der Waals surface area contributed by atoms with Gasteiger partial charge in [-0.15, -0.1) is 0 Å². The van der Waals surface area contributed by atoms with Gasteiger partial charge in [0.15, 0.2) is 0 Å². The van der Waals surface area contributed by atoms with Gasteiger partial charge < -0.3 is 10.2 Å². The third-order valence-corrected chi connectivity index (χ3v) is 8.76. The molecular formula is C32H32ClN3O4S. The molecule has 2 amide bonds. The van der Waals surface area contributed by atoms with Crippen molar-refractivity contribution in [3.05, 3.63) is 131 Å². The number of nitrogens with one attached hydrogen (secondary N) is 1. The van der Waals surface area contributed by atoms with Crippen molar-refractivity contribution in [2.45, 2.75) is 30.8 Å². The largest absolute Gasteiger partial charge is 0.357 e. The first-order chi connectivity index (χ1) is 19.7. The fourth-order valence-electron chi connectivity index (χ4n) is 4.63. The molecule has 0 aromatic heterocycles. The Morgan fingerprint density at radius 1 is 0.829 bits per heavy atom. The lowest BCUT2D eigenvalue weighted by molar-refractivity contribution is -0.139. The number of likely N-dealkylation sites (N-methyl/N-ethyl adjacent to an activating group) is 1. The smallest absolute Gasteiger partial charge is 0.264 e. The van der Waals surface area contributed by atoms with Crippen molar-refractivity contribution in [1.82, 2.24) is 10.2 Å². The molecule has 4 aromatic rings. The lowest BCUT2D eigenvalue weighted by atomic mass is 10.0. The first-order valence-electron chi connectivity index (χ1n) is 13.1. The number of sulfonamides is 1. The van der Waals surface area contributed by atoms with Gasteiger partial charge in [-0.05, 0) is 53.9 Å². The Morgan fingerprint density at radius 3 is 2.07 bits per heavy atom. The third kappa shape index (κ3) is 7.34. The molecule has 4 aromatic carbocycles. The van der Waals surface area contributed by atoms with Gasteiger partial charge in [-0.1, -0.05) is 90.5 Å². The first-order valence-corrected chi connectivity index (χ1v) is 15.0. The molecule has 7 nitrogen and oxygen atoms in total. The number of rotatable bonds is 11. The van der Waals surface area contributed by atoms with E-state index in [2.05, 4.69) is 5.32 Å². The molecule has 0 radical (unpaired) electrons. The van der Waals surface area contributed by atoms with Crippen molar-refractivity contribution in [3.63, 3.8) is 0 Å². The Bertz CT molecular complexity index is 1600. The van der Waals surface area contributed by atoms with E-state index < -0.39 is 28.5 Å². The Hall–Kier alpha value is -4.14. The second kappa shape index (κ2) is 13.5. The van der Waals surface area contributed by atoms with Crippen LogP contribution in [-0.2, 0) is 32.6 Å². The number of para-hydroxylation sites is 1. The molecule has 0 fully saturated rings. The zero-order valence-corrected chi connectivity index (χ0v) is 24.5. The minimum atomic E-state index is -4.13. The molecule has 0 saturated heterocycles. The van der Waals surface area contributed by atoms with Gasteiger partial charge in [0.05, 0.1) is 10.6 Å². The summed E-state index contributed by atoms with van der Waals surface area (Å²) in [6, 6.07) is 30.5. The highest BCUT2D eigenvalue weighted by Gasteiger charge is 2.34. The number of aryl methyl sites for hydroxylation is 1. The summed E-state index contributed by atoms with van der Waals surface area (Å²) in [6.45, 7) is 1.34. The summed E-state index contributed by atoms with van der Waals surface area (Å²) in [5.41, 5.74) is 2.64. The van der Waals surface area contributed by atoms with Crippen molar-refractivity contribution in [1.29, 1.82) is 0 Å². The van der Waals surface area contributed by atoms with Gasteiger partial charge in [-0.25, -0.2) is 8.42 Å². The molecule has 1 atom stereocenters. The maximum absolute atomic E-state index is 14.3. The van der Waals surface area contributed by atoms with Gasteiger partial charge in [0.1, 0.15) is 12.6 Å². The van der Waals surface area contributed by atoms with Crippen LogP contribution in [0.15, 0.2) is 114 Å². The highest BCUT2D eigenvalue weighted by atomic mass is 35.5. The Balaban J connectivity index is 1.79. The molecule has 212 valence electrons. The second-order valence-corrected chi connectivity index (χ2v) is 11.9. The zero-order chi connectivity index (χ0) is 29.4. The fourth-order valence-corrected chi connectivity index (χ4v) is 6.34. The Labute approximate surface area is 246 Å². The van der Waals surface area contributed by atoms with E-state index in [1.165, 1.54) is 24.1 Å². The van der Waals surface area contributed by atoms with E-state index >= 15 is 0 Å². The van der Waals surface area contributed by atoms with Crippen LogP contribution >= 0.6 is 11.6 Å². The summed E-state index contributed by atoms with van der Waals surface area (Å²) in [4.78, 5) is 29.0. The van der Waals surface area contributed by atoms with Crippen LogP contribution in [0.3, 0.4) is 0 Å². The predicted octanol–water partition coefficient (Wildman–Crippen LogP) is 5.23. The average Bonchev–Trinajstić information content (AvgIpc) is 2.98. The Kier molecular flexibility index (Phi) is 9.81. The topological polar surface area (TPSA) is 86.8 Å². The zero-order valence-electron chi connectivity index (χ0n) is 22.9. The number of amides is 2. The van der Waals surface area contributed by atoms with E-state index in [1.54, 1.807) is 67.6 Å². The summed E-state index contributed by atoms with van der Waals surface area (Å²) in [5.74, 6) is -0.894. The maximum atomic E-state index is 14.3. The normalized spacial score (nSPS) is 11.9. The molecule has 41 heavy (non-hydrogen) atoms. The van der Waals surface area contributed by atoms with Crippen molar-refractivity contribution < 1.29 is 18.0 Å². The number of halogens is 1. The molecule has 0 unspecified atom stereocenters. The van der Waals surface area contributed by atoms with Gasteiger partial charge in [-0.2, -0.15) is 0 Å². The highest BCUT2D eigenvalue weighted by Crippen LogP contribution is 2.27. The number of anilines is 1. The van der Waals surface area contributed by atoms with E-state index in [-0.39, 0.29) is 23.8 Å². The van der Waals surface area contributed by atoms with Gasteiger partial charge in [0.2, 0.25) is 11.8 Å². The maximum Gasteiger partial charge on any atom is 0.264 e. The third-order valence-electron chi connectivity index (χ3n) is 6.75. The van der Waals surface area contributed by atoms with Crippen LogP contribution in [0.5, 0.6) is 0 Å². The summed E-state index contributed by atoms with van der Waals surface area (Å²) in [6.07, 6.45) is 0.239. The molecule has 0 saturated carbocycles. The molecule has 0 heterocycles. The molecule has 0 spiro atoms. The SMILES string of the molecule is CNC(=O)[C@H](Cc1ccccc1)N(Cc1cccc(Cl)c1)C(=O)CN(c1ccccc1C)S(=O)(=O)c1ccccc1. The van der Waals surface area contributed by atoms with Gasteiger partial charge in [0, 0.05) is 25.0 Å². The molecule has 1 N–H and O–H groups in total. The molecular weight excluding hydrogens is 558 g/mol. The van der Waals surface area contributed by atoms with E-state index in [4.69, 9.17) is 11.6 Å². The quantitative estimate of drug-likeness (QED) is 0.260. The number of benzene rings is 4. The van der Waals surface area contributed by atoms with Crippen molar-refractivity contribution in [3.8, 4) is 0 Å². The number of nitrogens with zero attached hydrogens (tertiary/aromatic N) is 2. The summed E-state index contributed by atoms with van der Waals surface area (Å²) >= 11 is 6.25. The number of carbonyl (C=O) groups is 2. The standard InChI is InChI=1S/C32H32ClN3O4S/c1-24-12-9-10-19-29(24)36(41(39,40)28-17-7-4-8-18-28)23-31(37)35(22-26-15-11-16-27(33)20-26)30(32(38)34-2)21-25-13-5-3-6-14-25/h3-20,30H,21-23H2,1-2H3,(H,34,38)/t30-/m0/s1. The summed E-state index contributed by atoms with van der Waals surface area (Å²) in [7, 11) is -2.62. The summed E-state index contributed by atoms with van der Waals surface area (Å²) in [5, 5.41) is 3.17. The highest BCUT2D eigenvalue weighted by molar-refractivity contribution is 7.92. The van der Waals surface area contributed by atoms with Gasteiger partial charge in [0.25, 0.3) is 10.0 Å². The number of hydrogen-bond acceptors (Lipinski definition) is 4. The monoisotopic (exact) mass is 589 g/mol. The molecule has 0 aliphatic carbocycles. The summed E-state index contributed by atoms with van der Waals surface area (Å²) < 4.78 is 29.0. The molecule has 0 bridgehead atoms. The number of hydrogen-bond donors (Lipinski definition) is 1. The second-order valence-electron chi connectivity index (χ2n) is 9.58. The fraction of sp³-hybridized carbons (Fsp3) is 0.188. The van der Waals surface area contributed by atoms with Crippen molar-refractivity contribution in [2.75, 3.05) is 17.9 Å². The van der Waals surface area contributed by atoms with Crippen molar-refractivity contribution >= 4 is 39.1 Å². The van der Waals surface area contributed by atoms with E-state index in [1.807, 2.05) is 36.4 Å². The predicted molar refractivity (Wildman–Crippen MR) is 162 cm³/mol. The van der Waals surface area contributed by atoms with E-state index in [0.717, 1.165) is 9.87 Å². The Morgan fingerprint density at radius 2 is 1.44 bits per heavy atom. The van der Waals surface area contributed by atoms with Crippen LogP contribution in [0, 0.1) is 6.92 Å². The van der Waals surface area contributed by atoms with Crippen LogP contribution in [0.2, 0.25) is 5.02 Å². The van der Waals surface area contributed by atoms with Crippen LogP contribution < -0.4 is 9.62 Å². The van der Waals surface area contributed by atoms with Crippen LogP contribution in [-0.4, -0.2) is 44.8 Å².